The maximum Gasteiger partial charge on any atom is 0.240 e. The molecule has 1 aliphatic heterocycles. The van der Waals surface area contributed by atoms with Crippen molar-refractivity contribution in [2.24, 2.45) is 11.0 Å². The number of rotatable bonds is 2. The van der Waals surface area contributed by atoms with E-state index in [9.17, 15) is 4.79 Å². The molecule has 0 saturated carbocycles. The molecule has 0 saturated heterocycles. The molecule has 1 amide bonds. The van der Waals surface area contributed by atoms with Crippen molar-refractivity contribution in [2.45, 2.75) is 32.2 Å². The Hall–Kier alpha value is -2.62. The smallest absolute Gasteiger partial charge is 0.240 e. The molecule has 2 aromatic carbocycles. The van der Waals surface area contributed by atoms with Crippen molar-refractivity contribution in [3.05, 3.63) is 65.2 Å². The van der Waals surface area contributed by atoms with Crippen molar-refractivity contribution in [3.8, 4) is 5.75 Å². The second-order valence-electron chi connectivity index (χ2n) is 6.73. The number of carbonyl (C=O) groups is 1. The molecule has 0 spiro atoms. The van der Waals surface area contributed by atoms with Crippen LogP contribution in [0.5, 0.6) is 5.75 Å². The van der Waals surface area contributed by atoms with E-state index < -0.39 is 0 Å². The summed E-state index contributed by atoms with van der Waals surface area (Å²) in [6.45, 7) is 1.60. The number of fused-ring (bicyclic) bond motifs is 3. The molecule has 2 aromatic rings. The Morgan fingerprint density at radius 1 is 1.20 bits per heavy atom. The fraction of sp³-hybridized carbons (Fsp3) is 0.333. The summed E-state index contributed by atoms with van der Waals surface area (Å²) >= 11 is 0. The summed E-state index contributed by atoms with van der Waals surface area (Å²) in [6.07, 6.45) is 3.13. The number of ether oxygens (including phenoxy) is 1. The summed E-state index contributed by atoms with van der Waals surface area (Å²) in [5, 5.41) is 6.46. The molecule has 0 N–H and O–H groups in total. The van der Waals surface area contributed by atoms with Crippen LogP contribution in [0.3, 0.4) is 0 Å². The van der Waals surface area contributed by atoms with Crippen LogP contribution in [0, 0.1) is 5.92 Å². The Kier molecular flexibility index (Phi) is 4.04. The largest absolute Gasteiger partial charge is 0.497 e. The molecule has 0 fully saturated rings. The molecule has 0 aromatic heterocycles. The highest BCUT2D eigenvalue weighted by atomic mass is 16.5. The number of hydrogen-bond acceptors (Lipinski definition) is 3. The van der Waals surface area contributed by atoms with E-state index in [0.717, 1.165) is 41.9 Å². The Bertz CT molecular complexity index is 829. The first-order chi connectivity index (χ1) is 12.2. The van der Waals surface area contributed by atoms with Gasteiger partial charge in [0, 0.05) is 18.4 Å². The van der Waals surface area contributed by atoms with Crippen LogP contribution >= 0.6 is 0 Å². The molecular formula is C21H22N2O2. The third kappa shape index (κ3) is 2.72. The van der Waals surface area contributed by atoms with E-state index in [0.29, 0.717) is 0 Å². The average molecular weight is 334 g/mol. The van der Waals surface area contributed by atoms with E-state index in [4.69, 9.17) is 9.84 Å². The van der Waals surface area contributed by atoms with Gasteiger partial charge in [0.2, 0.25) is 5.91 Å². The number of hydrogen-bond donors (Lipinski definition) is 0. The van der Waals surface area contributed by atoms with Gasteiger partial charge in [0.25, 0.3) is 0 Å². The number of amides is 1. The van der Waals surface area contributed by atoms with Crippen molar-refractivity contribution in [3.63, 3.8) is 0 Å². The fourth-order valence-corrected chi connectivity index (χ4v) is 4.08. The monoisotopic (exact) mass is 334 g/mol. The second kappa shape index (κ2) is 6.36. The fourth-order valence-electron chi connectivity index (χ4n) is 4.08. The molecular weight excluding hydrogens is 312 g/mol. The lowest BCUT2D eigenvalue weighted by Crippen LogP contribution is -2.29. The zero-order valence-electron chi connectivity index (χ0n) is 14.6. The quantitative estimate of drug-likeness (QED) is 0.834. The van der Waals surface area contributed by atoms with Crippen molar-refractivity contribution in [2.75, 3.05) is 7.11 Å². The van der Waals surface area contributed by atoms with Crippen LogP contribution < -0.4 is 4.74 Å². The molecule has 4 rings (SSSR count). The molecule has 0 radical (unpaired) electrons. The highest BCUT2D eigenvalue weighted by molar-refractivity contribution is 6.06. The Balaban J connectivity index is 1.82. The van der Waals surface area contributed by atoms with Crippen molar-refractivity contribution < 1.29 is 9.53 Å². The zero-order chi connectivity index (χ0) is 17.4. The summed E-state index contributed by atoms with van der Waals surface area (Å²) < 4.78 is 5.38. The van der Waals surface area contributed by atoms with Gasteiger partial charge in [0.1, 0.15) is 5.75 Å². The molecule has 1 heterocycles. The van der Waals surface area contributed by atoms with Crippen molar-refractivity contribution in [1.82, 2.24) is 5.01 Å². The third-order valence-corrected chi connectivity index (χ3v) is 5.22. The molecule has 1 aliphatic carbocycles. The van der Waals surface area contributed by atoms with E-state index in [2.05, 4.69) is 24.3 Å². The molecule has 0 unspecified atom stereocenters. The van der Waals surface area contributed by atoms with Crippen molar-refractivity contribution >= 4 is 11.6 Å². The van der Waals surface area contributed by atoms with Crippen LogP contribution in [0.4, 0.5) is 0 Å². The van der Waals surface area contributed by atoms with E-state index in [1.54, 1.807) is 19.0 Å². The Morgan fingerprint density at radius 3 is 2.72 bits per heavy atom. The standard InChI is InChI=1S/C21H22N2O2/c1-14(24)23-21(15-7-4-3-5-8-15)19-10-6-9-16-13-17(25-2)11-12-18(16)20(19)22-23/h3-5,7-8,11-13,19,21H,6,9-10H2,1-2H3/t19-,21+/m1/s1. The zero-order valence-corrected chi connectivity index (χ0v) is 14.6. The van der Waals surface area contributed by atoms with E-state index >= 15 is 0 Å². The normalized spacial score (nSPS) is 21.8. The minimum Gasteiger partial charge on any atom is -0.497 e. The number of nitrogens with zero attached hydrogens (tertiary/aromatic N) is 2. The lowest BCUT2D eigenvalue weighted by Gasteiger charge is -2.26. The number of benzene rings is 2. The lowest BCUT2D eigenvalue weighted by molar-refractivity contribution is -0.131. The molecule has 2 aliphatic rings. The Morgan fingerprint density at radius 2 is 2.00 bits per heavy atom. The maximum atomic E-state index is 12.3. The summed E-state index contributed by atoms with van der Waals surface area (Å²) in [6, 6.07) is 16.4. The van der Waals surface area contributed by atoms with Crippen LogP contribution in [-0.2, 0) is 11.2 Å². The minimum absolute atomic E-state index is 0.00973. The van der Waals surface area contributed by atoms with Crippen LogP contribution in [0.15, 0.2) is 53.6 Å². The summed E-state index contributed by atoms with van der Waals surface area (Å²) in [4.78, 5) is 12.3. The van der Waals surface area contributed by atoms with E-state index in [1.165, 1.54) is 5.56 Å². The van der Waals surface area contributed by atoms with Gasteiger partial charge in [-0.25, -0.2) is 5.01 Å². The van der Waals surface area contributed by atoms with Gasteiger partial charge in [0.15, 0.2) is 0 Å². The SMILES string of the molecule is COc1ccc2c(c1)CCC[C@@H]1C2=NN(C(C)=O)[C@H]1c1ccccc1. The van der Waals surface area contributed by atoms with Gasteiger partial charge in [0.05, 0.1) is 18.9 Å². The first-order valence-electron chi connectivity index (χ1n) is 8.79. The second-order valence-corrected chi connectivity index (χ2v) is 6.73. The number of carbonyl (C=O) groups excluding carboxylic acids is 1. The predicted octanol–water partition coefficient (Wildman–Crippen LogP) is 3.96. The summed E-state index contributed by atoms with van der Waals surface area (Å²) in [5.74, 6) is 1.10. The Labute approximate surface area is 148 Å². The van der Waals surface area contributed by atoms with Gasteiger partial charge in [-0.15, -0.1) is 0 Å². The van der Waals surface area contributed by atoms with Gasteiger partial charge in [-0.05, 0) is 48.6 Å². The first kappa shape index (κ1) is 15.9. The van der Waals surface area contributed by atoms with Crippen LogP contribution in [0.25, 0.3) is 0 Å². The van der Waals surface area contributed by atoms with Gasteiger partial charge >= 0.3 is 0 Å². The summed E-state index contributed by atoms with van der Waals surface area (Å²) in [5.41, 5.74) is 4.61. The summed E-state index contributed by atoms with van der Waals surface area (Å²) in [7, 11) is 1.69. The van der Waals surface area contributed by atoms with Crippen LogP contribution in [0.1, 0.15) is 42.5 Å². The maximum absolute atomic E-state index is 12.3. The molecule has 25 heavy (non-hydrogen) atoms. The van der Waals surface area contributed by atoms with E-state index in [1.807, 2.05) is 24.3 Å². The van der Waals surface area contributed by atoms with E-state index in [-0.39, 0.29) is 17.9 Å². The number of hydrazone groups is 1. The molecule has 2 atom stereocenters. The number of aryl methyl sites for hydroxylation is 1. The lowest BCUT2D eigenvalue weighted by atomic mass is 9.85. The molecule has 4 nitrogen and oxygen atoms in total. The van der Waals surface area contributed by atoms with Gasteiger partial charge in [-0.2, -0.15) is 5.10 Å². The average Bonchev–Trinajstić information content (AvgIpc) is 2.93. The van der Waals surface area contributed by atoms with Crippen LogP contribution in [-0.4, -0.2) is 23.7 Å². The molecule has 0 bridgehead atoms. The van der Waals surface area contributed by atoms with Gasteiger partial charge in [-0.3, -0.25) is 4.79 Å². The third-order valence-electron chi connectivity index (χ3n) is 5.22. The highest BCUT2D eigenvalue weighted by Gasteiger charge is 2.41. The predicted molar refractivity (Wildman–Crippen MR) is 97.7 cm³/mol. The first-order valence-corrected chi connectivity index (χ1v) is 8.79. The molecule has 4 heteroatoms. The number of methoxy groups -OCH3 is 1. The van der Waals surface area contributed by atoms with Gasteiger partial charge < -0.3 is 4.74 Å². The van der Waals surface area contributed by atoms with Crippen LogP contribution in [0.2, 0.25) is 0 Å². The topological polar surface area (TPSA) is 41.9 Å². The van der Waals surface area contributed by atoms with Gasteiger partial charge in [-0.1, -0.05) is 30.3 Å². The molecule has 128 valence electrons. The minimum atomic E-state index is -0.0123. The highest BCUT2D eigenvalue weighted by Crippen LogP contribution is 2.43. The van der Waals surface area contributed by atoms with Crippen molar-refractivity contribution in [1.29, 1.82) is 0 Å².